The maximum Gasteiger partial charge on any atom is 0.339 e. The number of nitrogens with zero attached hydrogens (tertiary/aromatic N) is 1. The molecule has 0 radical (unpaired) electrons. The molecule has 6 nitrogen and oxygen atoms in total. The highest BCUT2D eigenvalue weighted by Crippen LogP contribution is 2.29. The lowest BCUT2D eigenvalue weighted by molar-refractivity contribution is -0.112. The summed E-state index contributed by atoms with van der Waals surface area (Å²) in [6.45, 7) is 0. The first kappa shape index (κ1) is 22.4. The van der Waals surface area contributed by atoms with Gasteiger partial charge in [0.25, 0.3) is 5.91 Å². The summed E-state index contributed by atoms with van der Waals surface area (Å²) in [5.74, 6) is -0.820. The fourth-order valence-electron chi connectivity index (χ4n) is 2.52. The molecule has 0 atom stereocenters. The van der Waals surface area contributed by atoms with Gasteiger partial charge in [-0.3, -0.25) is 4.79 Å². The molecular formula is C22H14Cl2N2O4S. The normalized spacial score (nSPS) is 11.5. The van der Waals surface area contributed by atoms with Crippen LogP contribution in [0.5, 0.6) is 5.75 Å². The third-order valence-electron chi connectivity index (χ3n) is 3.99. The van der Waals surface area contributed by atoms with Crippen LogP contribution in [0, 0.1) is 11.3 Å². The van der Waals surface area contributed by atoms with Gasteiger partial charge in [0.2, 0.25) is 0 Å². The molecule has 31 heavy (non-hydrogen) atoms. The monoisotopic (exact) mass is 472 g/mol. The molecule has 0 saturated heterocycles. The zero-order chi connectivity index (χ0) is 22.4. The van der Waals surface area contributed by atoms with Gasteiger partial charge >= 0.3 is 10.1 Å². The molecular weight excluding hydrogens is 459 g/mol. The molecule has 0 aromatic heterocycles. The highest BCUT2D eigenvalue weighted by atomic mass is 35.5. The lowest BCUT2D eigenvalue weighted by Crippen LogP contribution is -2.14. The molecule has 156 valence electrons. The SMILES string of the molecule is N#C/C(=C\c1cc(Cl)ccc1OS(=O)(=O)c1ccccc1)C(=O)Nc1ccccc1Cl. The van der Waals surface area contributed by atoms with Crippen LogP contribution >= 0.6 is 23.2 Å². The number of carbonyl (C=O) groups excluding carboxylic acids is 1. The van der Waals surface area contributed by atoms with Crippen molar-refractivity contribution < 1.29 is 17.4 Å². The molecule has 0 aliphatic rings. The topological polar surface area (TPSA) is 96.3 Å². The van der Waals surface area contributed by atoms with E-state index in [1.165, 1.54) is 36.4 Å². The van der Waals surface area contributed by atoms with Gasteiger partial charge in [-0.2, -0.15) is 13.7 Å². The first-order chi connectivity index (χ1) is 14.8. The second kappa shape index (κ2) is 9.67. The molecule has 1 amide bonds. The highest BCUT2D eigenvalue weighted by molar-refractivity contribution is 7.87. The Balaban J connectivity index is 1.95. The van der Waals surface area contributed by atoms with Crippen LogP contribution in [-0.2, 0) is 14.9 Å². The fraction of sp³-hybridized carbons (Fsp3) is 0. The summed E-state index contributed by atoms with van der Waals surface area (Å²) in [6.07, 6.45) is 1.19. The van der Waals surface area contributed by atoms with Crippen LogP contribution in [0.3, 0.4) is 0 Å². The van der Waals surface area contributed by atoms with Crippen LogP contribution in [0.2, 0.25) is 10.0 Å². The van der Waals surface area contributed by atoms with E-state index in [-0.39, 0.29) is 26.8 Å². The van der Waals surface area contributed by atoms with Gasteiger partial charge in [-0.05, 0) is 48.5 Å². The van der Waals surface area contributed by atoms with Crippen molar-refractivity contribution in [1.29, 1.82) is 5.26 Å². The van der Waals surface area contributed by atoms with E-state index >= 15 is 0 Å². The number of carbonyl (C=O) groups is 1. The number of hydrogen-bond donors (Lipinski definition) is 1. The molecule has 3 rings (SSSR count). The summed E-state index contributed by atoms with van der Waals surface area (Å²) in [5.41, 5.74) is 0.159. The van der Waals surface area contributed by atoms with Gasteiger partial charge in [0, 0.05) is 10.6 Å². The van der Waals surface area contributed by atoms with E-state index in [0.717, 1.165) is 0 Å². The molecule has 0 bridgehead atoms. The number of nitrogens with one attached hydrogen (secondary N) is 1. The van der Waals surface area contributed by atoms with Gasteiger partial charge in [0.1, 0.15) is 22.3 Å². The van der Waals surface area contributed by atoms with Crippen molar-refractivity contribution in [1.82, 2.24) is 0 Å². The predicted octanol–water partition coefficient (Wildman–Crippen LogP) is 5.31. The molecule has 9 heteroatoms. The number of para-hydroxylation sites is 1. The number of amides is 1. The largest absolute Gasteiger partial charge is 0.378 e. The molecule has 0 aliphatic heterocycles. The number of rotatable bonds is 6. The Bertz CT molecular complexity index is 1300. The van der Waals surface area contributed by atoms with Gasteiger partial charge in [-0.25, -0.2) is 0 Å². The van der Waals surface area contributed by atoms with Crippen LogP contribution in [0.25, 0.3) is 6.08 Å². The molecule has 3 aromatic carbocycles. The minimum Gasteiger partial charge on any atom is -0.378 e. The highest BCUT2D eigenvalue weighted by Gasteiger charge is 2.19. The quantitative estimate of drug-likeness (QED) is 0.298. The zero-order valence-corrected chi connectivity index (χ0v) is 18.1. The predicted molar refractivity (Wildman–Crippen MR) is 119 cm³/mol. The number of hydrogen-bond acceptors (Lipinski definition) is 5. The average molecular weight is 473 g/mol. The molecule has 0 fully saturated rings. The van der Waals surface area contributed by atoms with Crippen molar-refractivity contribution in [2.75, 3.05) is 5.32 Å². The van der Waals surface area contributed by atoms with E-state index in [1.807, 2.05) is 0 Å². The summed E-state index contributed by atoms with van der Waals surface area (Å²) in [7, 11) is -4.14. The molecule has 1 N–H and O–H groups in total. The Morgan fingerprint density at radius 2 is 1.68 bits per heavy atom. The van der Waals surface area contributed by atoms with Gasteiger partial charge in [0.05, 0.1) is 10.7 Å². The molecule has 0 saturated carbocycles. The minimum atomic E-state index is -4.14. The van der Waals surface area contributed by atoms with Crippen molar-refractivity contribution in [3.63, 3.8) is 0 Å². The Labute approximate surface area is 189 Å². The van der Waals surface area contributed by atoms with Crippen molar-refractivity contribution in [3.05, 3.63) is 94.0 Å². The number of benzene rings is 3. The third-order valence-corrected chi connectivity index (χ3v) is 5.80. The number of halogens is 2. The summed E-state index contributed by atoms with van der Waals surface area (Å²) in [4.78, 5) is 12.5. The van der Waals surface area contributed by atoms with Crippen molar-refractivity contribution >= 4 is 51.0 Å². The summed E-state index contributed by atoms with van der Waals surface area (Å²) in [6, 6.07) is 20.1. The number of anilines is 1. The summed E-state index contributed by atoms with van der Waals surface area (Å²) < 4.78 is 30.4. The molecule has 0 heterocycles. The Morgan fingerprint density at radius 3 is 2.35 bits per heavy atom. The van der Waals surface area contributed by atoms with Crippen LogP contribution < -0.4 is 9.50 Å². The second-order valence-electron chi connectivity index (χ2n) is 6.14. The third kappa shape index (κ3) is 5.64. The van der Waals surface area contributed by atoms with E-state index in [0.29, 0.717) is 10.7 Å². The maximum absolute atomic E-state index is 12.6. The summed E-state index contributed by atoms with van der Waals surface area (Å²) in [5, 5.41) is 12.6. The fourth-order valence-corrected chi connectivity index (χ4v) is 3.86. The van der Waals surface area contributed by atoms with Crippen molar-refractivity contribution in [2.24, 2.45) is 0 Å². The smallest absolute Gasteiger partial charge is 0.339 e. The van der Waals surface area contributed by atoms with Crippen LogP contribution in [0.4, 0.5) is 5.69 Å². The lowest BCUT2D eigenvalue weighted by atomic mass is 10.1. The molecule has 0 unspecified atom stereocenters. The van der Waals surface area contributed by atoms with Gasteiger partial charge in [-0.1, -0.05) is 53.5 Å². The molecule has 3 aromatic rings. The van der Waals surface area contributed by atoms with Crippen molar-refractivity contribution in [3.8, 4) is 11.8 Å². The second-order valence-corrected chi connectivity index (χ2v) is 8.53. The first-order valence-electron chi connectivity index (χ1n) is 8.77. The average Bonchev–Trinajstić information content (AvgIpc) is 2.75. The molecule has 0 aliphatic carbocycles. The van der Waals surface area contributed by atoms with E-state index in [9.17, 15) is 18.5 Å². The van der Waals surface area contributed by atoms with Gasteiger partial charge in [0.15, 0.2) is 0 Å². The Kier molecular flexibility index (Phi) is 6.98. The van der Waals surface area contributed by atoms with Gasteiger partial charge < -0.3 is 9.50 Å². The van der Waals surface area contributed by atoms with Crippen LogP contribution in [0.1, 0.15) is 5.56 Å². The minimum absolute atomic E-state index is 0.0446. The zero-order valence-electron chi connectivity index (χ0n) is 15.7. The van der Waals surface area contributed by atoms with E-state index in [1.54, 1.807) is 48.5 Å². The van der Waals surface area contributed by atoms with E-state index in [4.69, 9.17) is 27.4 Å². The van der Waals surface area contributed by atoms with Crippen molar-refractivity contribution in [2.45, 2.75) is 4.90 Å². The lowest BCUT2D eigenvalue weighted by Gasteiger charge is -2.11. The van der Waals surface area contributed by atoms with E-state index < -0.39 is 16.0 Å². The standard InChI is InChI=1S/C22H14Cl2N2O4S/c23-17-10-11-21(30-31(28,29)18-6-2-1-3-7-18)15(13-17)12-16(14-25)22(27)26-20-9-5-4-8-19(20)24/h1-13H,(H,26,27)/b16-12+. The first-order valence-corrected chi connectivity index (χ1v) is 10.9. The number of nitriles is 1. The Hall–Kier alpha value is -3.31. The molecule has 0 spiro atoms. The van der Waals surface area contributed by atoms with Crippen LogP contribution in [0.15, 0.2) is 83.3 Å². The van der Waals surface area contributed by atoms with Crippen LogP contribution in [-0.4, -0.2) is 14.3 Å². The van der Waals surface area contributed by atoms with Gasteiger partial charge in [-0.15, -0.1) is 0 Å². The van der Waals surface area contributed by atoms with E-state index in [2.05, 4.69) is 5.32 Å². The maximum atomic E-state index is 12.6. The summed E-state index contributed by atoms with van der Waals surface area (Å²) >= 11 is 12.1. The Morgan fingerprint density at radius 1 is 1.00 bits per heavy atom.